The molecule has 194 valence electrons. The smallest absolute Gasteiger partial charge is 0.274 e. The van der Waals surface area contributed by atoms with Gasteiger partial charge in [0.05, 0.1) is 12.1 Å². The topological polar surface area (TPSA) is 122 Å². The van der Waals surface area contributed by atoms with Crippen LogP contribution in [0.5, 0.6) is 0 Å². The first kappa shape index (κ1) is 25.8. The number of nitrogens with one attached hydrogen (secondary N) is 2. The molecule has 0 saturated heterocycles. The first-order valence-corrected chi connectivity index (χ1v) is 13.1. The van der Waals surface area contributed by atoms with Crippen LogP contribution in [-0.2, 0) is 11.3 Å². The molecule has 1 aliphatic rings. The number of hydroxylamine groups is 1. The van der Waals surface area contributed by atoms with Crippen molar-refractivity contribution in [3.05, 3.63) is 97.9 Å². The molecule has 2 aromatic heterocycles. The summed E-state index contributed by atoms with van der Waals surface area (Å²) in [6.45, 7) is 6.34. The van der Waals surface area contributed by atoms with Crippen molar-refractivity contribution in [1.82, 2.24) is 25.6 Å². The molecule has 0 spiro atoms. The molecule has 0 unspecified atom stereocenters. The molecule has 0 saturated carbocycles. The van der Waals surface area contributed by atoms with Gasteiger partial charge in [-0.15, -0.1) is 21.5 Å². The van der Waals surface area contributed by atoms with Gasteiger partial charge in [-0.25, -0.2) is 5.48 Å². The van der Waals surface area contributed by atoms with Crippen molar-refractivity contribution in [2.45, 2.75) is 39.8 Å². The molecule has 0 radical (unpaired) electrons. The number of aryl methyl sites for hydroxylation is 2. The fraction of sp³-hybridized carbons (Fsp3) is 0.222. The number of fused-ring (bicyclic) bond motifs is 3. The molecule has 2 aromatic carbocycles. The summed E-state index contributed by atoms with van der Waals surface area (Å²) in [7, 11) is 0. The molecular weight excluding hydrogens is 524 g/mol. The van der Waals surface area contributed by atoms with Crippen molar-refractivity contribution in [1.29, 1.82) is 0 Å². The molecule has 2 amide bonds. The lowest BCUT2D eigenvalue weighted by Crippen LogP contribution is -2.25. The van der Waals surface area contributed by atoms with Gasteiger partial charge in [-0.05, 0) is 56.2 Å². The van der Waals surface area contributed by atoms with E-state index in [1.54, 1.807) is 41.1 Å². The first-order valence-electron chi connectivity index (χ1n) is 11.9. The van der Waals surface area contributed by atoms with Gasteiger partial charge in [-0.3, -0.25) is 24.4 Å². The van der Waals surface area contributed by atoms with E-state index in [1.165, 1.54) is 4.88 Å². The van der Waals surface area contributed by atoms with Crippen molar-refractivity contribution in [3.8, 4) is 5.00 Å². The molecule has 5 rings (SSSR count). The second-order valence-electron chi connectivity index (χ2n) is 9.02. The third-order valence-electron chi connectivity index (χ3n) is 6.54. The molecule has 0 bridgehead atoms. The molecule has 11 heteroatoms. The number of carbonyl (C=O) groups is 2. The SMILES string of the molecule is Cc1sc2c(c1C)C(c1ccc(Cl)cc1)=N[C@@H](CC(=O)NCc1ccc(C(=O)NO)cc1)c1nnc(C)n1-2. The van der Waals surface area contributed by atoms with Gasteiger partial charge in [-0.2, -0.15) is 0 Å². The van der Waals surface area contributed by atoms with E-state index in [0.29, 0.717) is 16.4 Å². The molecule has 1 atom stereocenters. The number of aromatic nitrogens is 3. The van der Waals surface area contributed by atoms with Crippen LogP contribution in [0.15, 0.2) is 53.5 Å². The maximum absolute atomic E-state index is 13.1. The fourth-order valence-electron chi connectivity index (χ4n) is 4.42. The maximum Gasteiger partial charge on any atom is 0.274 e. The Bertz CT molecular complexity index is 1560. The van der Waals surface area contributed by atoms with Gasteiger partial charge in [0, 0.05) is 33.1 Å². The standard InChI is InChI=1S/C27H25ClN6O3S/c1-14-15(2)38-27-23(14)24(18-8-10-20(28)11-9-18)30-21(25-32-31-16(3)34(25)27)12-22(35)29-13-17-4-6-19(7-5-17)26(36)33-37/h4-11,21,37H,12-13H2,1-3H3,(H,29,35)(H,33,36)/t21-/m0/s1. The zero-order valence-corrected chi connectivity index (χ0v) is 22.5. The summed E-state index contributed by atoms with van der Waals surface area (Å²) in [4.78, 5) is 30.9. The van der Waals surface area contributed by atoms with E-state index in [2.05, 4.69) is 29.4 Å². The minimum Gasteiger partial charge on any atom is -0.352 e. The zero-order valence-electron chi connectivity index (χ0n) is 20.9. The van der Waals surface area contributed by atoms with Gasteiger partial charge >= 0.3 is 0 Å². The lowest BCUT2D eigenvalue weighted by atomic mass is 9.99. The third-order valence-corrected chi connectivity index (χ3v) is 7.99. The van der Waals surface area contributed by atoms with E-state index in [9.17, 15) is 9.59 Å². The minimum absolute atomic E-state index is 0.0766. The maximum atomic E-state index is 13.1. The van der Waals surface area contributed by atoms with Gasteiger partial charge in [0.2, 0.25) is 5.91 Å². The van der Waals surface area contributed by atoms with E-state index < -0.39 is 11.9 Å². The van der Waals surface area contributed by atoms with Crippen LogP contribution in [0.4, 0.5) is 0 Å². The van der Waals surface area contributed by atoms with Crippen molar-refractivity contribution >= 4 is 40.5 Å². The number of hydrogen-bond donors (Lipinski definition) is 3. The molecular formula is C27H25ClN6O3S. The predicted molar refractivity (Wildman–Crippen MR) is 145 cm³/mol. The lowest BCUT2D eigenvalue weighted by Gasteiger charge is -2.13. The van der Waals surface area contributed by atoms with Crippen LogP contribution >= 0.6 is 22.9 Å². The normalized spacial score (nSPS) is 14.2. The van der Waals surface area contributed by atoms with Crippen molar-refractivity contribution < 1.29 is 14.8 Å². The molecule has 3 N–H and O–H groups in total. The molecule has 9 nitrogen and oxygen atoms in total. The second kappa shape index (κ2) is 10.5. The Morgan fingerprint density at radius 3 is 2.45 bits per heavy atom. The summed E-state index contributed by atoms with van der Waals surface area (Å²) in [6, 6.07) is 13.6. The number of amides is 2. The van der Waals surface area contributed by atoms with Crippen molar-refractivity contribution in [3.63, 3.8) is 0 Å². The van der Waals surface area contributed by atoms with Gasteiger partial charge in [0.1, 0.15) is 16.9 Å². The molecule has 0 aliphatic carbocycles. The summed E-state index contributed by atoms with van der Waals surface area (Å²) in [5, 5.41) is 22.1. The number of benzene rings is 2. The predicted octanol–water partition coefficient (Wildman–Crippen LogP) is 4.63. The van der Waals surface area contributed by atoms with E-state index >= 15 is 0 Å². The summed E-state index contributed by atoms with van der Waals surface area (Å²) < 4.78 is 2.01. The van der Waals surface area contributed by atoms with Crippen LogP contribution in [0.3, 0.4) is 0 Å². The van der Waals surface area contributed by atoms with Crippen LogP contribution in [-0.4, -0.2) is 37.5 Å². The van der Waals surface area contributed by atoms with E-state index in [1.807, 2.05) is 35.8 Å². The summed E-state index contributed by atoms with van der Waals surface area (Å²) in [5.74, 6) is 0.550. The van der Waals surface area contributed by atoms with E-state index in [4.69, 9.17) is 21.8 Å². The molecule has 1 aliphatic heterocycles. The van der Waals surface area contributed by atoms with Crippen LogP contribution in [0.25, 0.3) is 5.00 Å². The Morgan fingerprint density at radius 2 is 1.76 bits per heavy atom. The number of hydrogen-bond acceptors (Lipinski definition) is 7. The van der Waals surface area contributed by atoms with Crippen molar-refractivity contribution in [2.75, 3.05) is 0 Å². The number of carbonyl (C=O) groups excluding carboxylic acids is 2. The number of halogens is 1. The Hall–Kier alpha value is -3.86. The van der Waals surface area contributed by atoms with Gasteiger partial charge in [-0.1, -0.05) is 35.9 Å². The largest absolute Gasteiger partial charge is 0.352 e. The Labute approximate surface area is 228 Å². The highest BCUT2D eigenvalue weighted by molar-refractivity contribution is 7.15. The Balaban J connectivity index is 1.46. The second-order valence-corrected chi connectivity index (χ2v) is 10.7. The average molecular weight is 549 g/mol. The highest BCUT2D eigenvalue weighted by atomic mass is 35.5. The Kier molecular flexibility index (Phi) is 7.11. The zero-order chi connectivity index (χ0) is 27.0. The van der Waals surface area contributed by atoms with Crippen LogP contribution in [0.2, 0.25) is 5.02 Å². The van der Waals surface area contributed by atoms with Crippen molar-refractivity contribution in [2.24, 2.45) is 4.99 Å². The number of thiophene rings is 1. The number of aliphatic imine (C=N–C) groups is 1. The van der Waals surface area contributed by atoms with Crippen LogP contribution in [0.1, 0.15) is 61.6 Å². The van der Waals surface area contributed by atoms with Gasteiger partial charge < -0.3 is 5.32 Å². The van der Waals surface area contributed by atoms with E-state index in [0.717, 1.165) is 38.8 Å². The lowest BCUT2D eigenvalue weighted by molar-refractivity contribution is -0.121. The summed E-state index contributed by atoms with van der Waals surface area (Å²) in [5.41, 5.74) is 6.56. The molecule has 4 aromatic rings. The molecule has 38 heavy (non-hydrogen) atoms. The quantitative estimate of drug-likeness (QED) is 0.240. The van der Waals surface area contributed by atoms with Gasteiger partial charge in [0.25, 0.3) is 5.91 Å². The Morgan fingerprint density at radius 1 is 1.05 bits per heavy atom. The monoisotopic (exact) mass is 548 g/mol. The number of nitrogens with zero attached hydrogens (tertiary/aromatic N) is 4. The first-order chi connectivity index (χ1) is 18.3. The third kappa shape index (κ3) is 4.85. The fourth-order valence-corrected chi connectivity index (χ4v) is 5.76. The van der Waals surface area contributed by atoms with Crippen LogP contribution in [0, 0.1) is 20.8 Å². The summed E-state index contributed by atoms with van der Waals surface area (Å²) in [6.07, 6.45) is 0.0766. The van der Waals surface area contributed by atoms with E-state index in [-0.39, 0.29) is 18.9 Å². The highest BCUT2D eigenvalue weighted by Crippen LogP contribution is 2.39. The molecule has 3 heterocycles. The summed E-state index contributed by atoms with van der Waals surface area (Å²) >= 11 is 7.82. The average Bonchev–Trinajstić information content (AvgIpc) is 3.39. The number of rotatable bonds is 6. The molecule has 0 fully saturated rings. The van der Waals surface area contributed by atoms with Gasteiger partial charge in [0.15, 0.2) is 5.82 Å². The van der Waals surface area contributed by atoms with Crippen LogP contribution < -0.4 is 10.8 Å². The minimum atomic E-state index is -0.596. The highest BCUT2D eigenvalue weighted by Gasteiger charge is 2.32.